The predicted octanol–water partition coefficient (Wildman–Crippen LogP) is 2.17. The fraction of sp³-hybridized carbons (Fsp3) is 0.714. The van der Waals surface area contributed by atoms with Gasteiger partial charge < -0.3 is 15.4 Å². The molecule has 112 valence electrons. The second-order valence-electron chi connectivity index (χ2n) is 5.10. The van der Waals surface area contributed by atoms with Crippen molar-refractivity contribution >= 4 is 17.4 Å². The Morgan fingerprint density at radius 1 is 1.40 bits per heavy atom. The van der Waals surface area contributed by atoms with Crippen molar-refractivity contribution in [2.75, 3.05) is 19.7 Å². The van der Waals surface area contributed by atoms with Crippen molar-refractivity contribution in [1.29, 1.82) is 0 Å². The van der Waals surface area contributed by atoms with E-state index in [1.165, 1.54) is 4.88 Å². The molecule has 5 nitrogen and oxygen atoms in total. The van der Waals surface area contributed by atoms with Gasteiger partial charge in [0, 0.05) is 31.0 Å². The molecular weight excluding hydrogens is 274 g/mol. The minimum absolute atomic E-state index is 0.0955. The van der Waals surface area contributed by atoms with Crippen molar-refractivity contribution in [2.24, 2.45) is 0 Å². The van der Waals surface area contributed by atoms with Crippen LogP contribution < -0.4 is 10.6 Å². The normalized spacial score (nSPS) is 18.2. The number of thiazole rings is 1. The van der Waals surface area contributed by atoms with E-state index in [9.17, 15) is 4.79 Å². The van der Waals surface area contributed by atoms with Gasteiger partial charge in [-0.05, 0) is 33.1 Å². The maximum absolute atomic E-state index is 11.6. The molecule has 2 heterocycles. The molecule has 1 aliphatic rings. The van der Waals surface area contributed by atoms with E-state index < -0.39 is 0 Å². The highest BCUT2D eigenvalue weighted by atomic mass is 32.1. The Balaban J connectivity index is 1.56. The zero-order chi connectivity index (χ0) is 14.4. The molecule has 0 saturated carbocycles. The maximum Gasteiger partial charge on any atom is 0.314 e. The van der Waals surface area contributed by atoms with E-state index in [1.54, 1.807) is 11.3 Å². The molecule has 0 aromatic carbocycles. The topological polar surface area (TPSA) is 63.2 Å². The van der Waals surface area contributed by atoms with Crippen LogP contribution in [0.25, 0.3) is 0 Å². The molecule has 0 aliphatic carbocycles. The summed E-state index contributed by atoms with van der Waals surface area (Å²) in [4.78, 5) is 17.3. The third kappa shape index (κ3) is 4.76. The molecule has 1 aromatic rings. The van der Waals surface area contributed by atoms with Crippen LogP contribution in [0.4, 0.5) is 4.79 Å². The lowest BCUT2D eigenvalue weighted by atomic mass is 10.2. The van der Waals surface area contributed by atoms with Gasteiger partial charge in [0.1, 0.15) is 0 Å². The number of rotatable bonds is 6. The first-order valence-electron chi connectivity index (χ1n) is 7.21. The number of nitrogens with one attached hydrogen (secondary N) is 2. The molecule has 2 amide bonds. The summed E-state index contributed by atoms with van der Waals surface area (Å²) in [5.74, 6) is 0. The molecular formula is C14H23N3O2S. The number of aromatic nitrogens is 1. The number of carbonyl (C=O) groups is 1. The molecule has 0 bridgehead atoms. The molecule has 2 N–H and O–H groups in total. The fourth-order valence-electron chi connectivity index (χ4n) is 2.38. The summed E-state index contributed by atoms with van der Waals surface area (Å²) in [5, 5.41) is 6.84. The van der Waals surface area contributed by atoms with Crippen LogP contribution in [0.5, 0.6) is 0 Å². The van der Waals surface area contributed by atoms with Crippen LogP contribution in [0, 0.1) is 13.8 Å². The third-order valence-corrected chi connectivity index (χ3v) is 4.55. The molecule has 1 fully saturated rings. The maximum atomic E-state index is 11.6. The highest BCUT2D eigenvalue weighted by Crippen LogP contribution is 2.17. The van der Waals surface area contributed by atoms with Crippen LogP contribution in [0.1, 0.15) is 34.8 Å². The summed E-state index contributed by atoms with van der Waals surface area (Å²) in [6.45, 7) is 6.21. The Bertz CT molecular complexity index is 442. The minimum Gasteiger partial charge on any atom is -0.378 e. The van der Waals surface area contributed by atoms with Gasteiger partial charge >= 0.3 is 6.03 Å². The molecule has 6 heteroatoms. The molecule has 1 saturated heterocycles. The van der Waals surface area contributed by atoms with Gasteiger partial charge in [0.05, 0.1) is 16.8 Å². The van der Waals surface area contributed by atoms with Gasteiger partial charge in [0.15, 0.2) is 0 Å². The first-order chi connectivity index (χ1) is 9.65. The van der Waals surface area contributed by atoms with Gasteiger partial charge in [-0.25, -0.2) is 9.78 Å². The number of ether oxygens (including phenoxy) is 1. The van der Waals surface area contributed by atoms with Gasteiger partial charge in [-0.1, -0.05) is 0 Å². The van der Waals surface area contributed by atoms with E-state index in [4.69, 9.17) is 4.74 Å². The monoisotopic (exact) mass is 297 g/mol. The summed E-state index contributed by atoms with van der Waals surface area (Å²) < 4.78 is 5.51. The van der Waals surface area contributed by atoms with Crippen LogP contribution in [0.15, 0.2) is 0 Å². The predicted molar refractivity (Wildman–Crippen MR) is 80.3 cm³/mol. The van der Waals surface area contributed by atoms with Gasteiger partial charge in [0.25, 0.3) is 0 Å². The van der Waals surface area contributed by atoms with Crippen molar-refractivity contribution in [3.8, 4) is 0 Å². The van der Waals surface area contributed by atoms with Crippen molar-refractivity contribution in [3.63, 3.8) is 0 Å². The number of carbonyl (C=O) groups excluding carboxylic acids is 1. The standard InChI is InChI=1S/C14H23N3O2S/c1-10-13(20-11(2)17-10)6-8-16-14(18)15-7-5-12-4-3-9-19-12/h12H,3-9H2,1-2H3,(H2,15,16,18). The second-order valence-corrected chi connectivity index (χ2v) is 6.39. The lowest BCUT2D eigenvalue weighted by Crippen LogP contribution is -2.37. The van der Waals surface area contributed by atoms with Gasteiger partial charge in [-0.15, -0.1) is 11.3 Å². The first-order valence-corrected chi connectivity index (χ1v) is 8.03. The van der Waals surface area contributed by atoms with Crippen molar-refractivity contribution in [1.82, 2.24) is 15.6 Å². The Morgan fingerprint density at radius 3 is 2.85 bits per heavy atom. The minimum atomic E-state index is -0.0955. The quantitative estimate of drug-likeness (QED) is 0.846. The van der Waals surface area contributed by atoms with Crippen LogP contribution >= 0.6 is 11.3 Å². The highest BCUT2D eigenvalue weighted by Gasteiger charge is 2.15. The van der Waals surface area contributed by atoms with Crippen LogP contribution in [0.3, 0.4) is 0 Å². The molecule has 1 aliphatic heterocycles. The fourth-order valence-corrected chi connectivity index (χ4v) is 3.31. The molecule has 0 spiro atoms. The largest absolute Gasteiger partial charge is 0.378 e. The lowest BCUT2D eigenvalue weighted by Gasteiger charge is -2.10. The Kier molecular flexibility index (Phi) is 5.79. The smallest absolute Gasteiger partial charge is 0.314 e. The molecule has 0 radical (unpaired) electrons. The molecule has 2 rings (SSSR count). The Labute approximate surface area is 124 Å². The number of hydrogen-bond acceptors (Lipinski definition) is 4. The van der Waals surface area contributed by atoms with Crippen LogP contribution in [-0.4, -0.2) is 36.8 Å². The second kappa shape index (κ2) is 7.59. The van der Waals surface area contributed by atoms with Crippen molar-refractivity contribution in [2.45, 2.75) is 45.6 Å². The average molecular weight is 297 g/mol. The number of urea groups is 1. The first kappa shape index (κ1) is 15.3. The number of amides is 2. The number of aryl methyl sites for hydroxylation is 2. The summed E-state index contributed by atoms with van der Waals surface area (Å²) in [7, 11) is 0. The zero-order valence-electron chi connectivity index (χ0n) is 12.2. The summed E-state index contributed by atoms with van der Waals surface area (Å²) in [6.07, 6.45) is 4.34. The van der Waals surface area contributed by atoms with Gasteiger partial charge in [-0.3, -0.25) is 0 Å². The van der Waals surface area contributed by atoms with Crippen molar-refractivity contribution < 1.29 is 9.53 Å². The number of nitrogens with zero attached hydrogens (tertiary/aromatic N) is 1. The van der Waals surface area contributed by atoms with Crippen LogP contribution in [0.2, 0.25) is 0 Å². The summed E-state index contributed by atoms with van der Waals surface area (Å²) >= 11 is 1.70. The van der Waals surface area contributed by atoms with E-state index in [1.807, 2.05) is 13.8 Å². The average Bonchev–Trinajstić information content (AvgIpc) is 3.00. The van der Waals surface area contributed by atoms with Crippen LogP contribution in [-0.2, 0) is 11.2 Å². The zero-order valence-corrected chi connectivity index (χ0v) is 13.0. The van der Waals surface area contributed by atoms with E-state index in [0.29, 0.717) is 19.2 Å². The molecule has 1 unspecified atom stereocenters. The summed E-state index contributed by atoms with van der Waals surface area (Å²) in [5.41, 5.74) is 1.08. The number of hydrogen-bond donors (Lipinski definition) is 2. The molecule has 20 heavy (non-hydrogen) atoms. The van der Waals surface area contributed by atoms with Gasteiger partial charge in [-0.2, -0.15) is 0 Å². The molecule has 1 atom stereocenters. The molecule has 1 aromatic heterocycles. The van der Waals surface area contributed by atoms with E-state index in [-0.39, 0.29) is 6.03 Å². The van der Waals surface area contributed by atoms with E-state index in [2.05, 4.69) is 15.6 Å². The van der Waals surface area contributed by atoms with E-state index >= 15 is 0 Å². The Morgan fingerprint density at radius 2 is 2.20 bits per heavy atom. The van der Waals surface area contributed by atoms with E-state index in [0.717, 1.165) is 43.0 Å². The van der Waals surface area contributed by atoms with Crippen molar-refractivity contribution in [3.05, 3.63) is 15.6 Å². The SMILES string of the molecule is Cc1nc(C)c(CCNC(=O)NCCC2CCCO2)s1. The third-order valence-electron chi connectivity index (χ3n) is 3.41. The summed E-state index contributed by atoms with van der Waals surface area (Å²) in [6, 6.07) is -0.0955. The van der Waals surface area contributed by atoms with Gasteiger partial charge in [0.2, 0.25) is 0 Å². The Hall–Kier alpha value is -1.14. The highest BCUT2D eigenvalue weighted by molar-refractivity contribution is 7.11. The lowest BCUT2D eigenvalue weighted by molar-refractivity contribution is 0.104.